The maximum atomic E-state index is 5.01. The van der Waals surface area contributed by atoms with E-state index in [1.165, 1.54) is 6.39 Å². The number of fused-ring (bicyclic) bond motifs is 1. The van der Waals surface area contributed by atoms with Gasteiger partial charge >= 0.3 is 0 Å². The van der Waals surface area contributed by atoms with Crippen LogP contribution in [0.15, 0.2) is 35.1 Å². The first-order valence-corrected chi connectivity index (χ1v) is 2.75. The predicted octanol–water partition coefficient (Wildman–Crippen LogP) is 1.83. The molecule has 1 aromatic carbocycles. The summed E-state index contributed by atoms with van der Waals surface area (Å²) in [4.78, 5) is 3.95. The van der Waals surface area contributed by atoms with Gasteiger partial charge in [-0.15, -0.1) is 0 Å². The number of nitrogens with zero attached hydrogens (tertiary/aromatic N) is 1. The molecule has 2 rings (SSSR count). The summed E-state index contributed by atoms with van der Waals surface area (Å²) >= 11 is 0. The number of oxazole rings is 1. The van der Waals surface area contributed by atoms with Crippen LogP contribution in [0.5, 0.6) is 0 Å². The molecule has 2 aromatic rings. The van der Waals surface area contributed by atoms with Crippen molar-refractivity contribution in [3.05, 3.63) is 30.7 Å². The topological polar surface area (TPSA) is 26.0 Å². The Bertz CT molecular complexity index is 288. The van der Waals surface area contributed by atoms with Gasteiger partial charge < -0.3 is 4.42 Å². The van der Waals surface area contributed by atoms with Crippen molar-refractivity contribution in [1.82, 2.24) is 4.98 Å². The van der Waals surface area contributed by atoms with Gasteiger partial charge in [0, 0.05) is 20.4 Å². The fraction of sp³-hybridized carbons (Fsp3) is 0. The molecule has 0 aliphatic carbocycles. The molecule has 0 spiro atoms. The molecule has 0 fully saturated rings. The molecule has 0 bridgehead atoms. The van der Waals surface area contributed by atoms with E-state index in [1.807, 2.05) is 24.3 Å². The van der Waals surface area contributed by atoms with Gasteiger partial charge in [0.1, 0.15) is 5.52 Å². The fourth-order valence-corrected chi connectivity index (χ4v) is 0.803. The molecule has 54 valence electrons. The molecule has 1 aromatic heterocycles. The predicted molar refractivity (Wildman–Crippen MR) is 34.0 cm³/mol. The maximum Gasteiger partial charge on any atom is 0.181 e. The van der Waals surface area contributed by atoms with Crippen LogP contribution in [0.3, 0.4) is 0 Å². The van der Waals surface area contributed by atoms with E-state index in [9.17, 15) is 0 Å². The quantitative estimate of drug-likeness (QED) is 0.640. The van der Waals surface area contributed by atoms with Gasteiger partial charge in [0.05, 0.1) is 0 Å². The maximum absolute atomic E-state index is 5.01. The summed E-state index contributed by atoms with van der Waals surface area (Å²) in [6, 6.07) is 7.67. The number of hydrogen-bond donors (Lipinski definition) is 0. The van der Waals surface area contributed by atoms with Gasteiger partial charge in [-0.25, -0.2) is 4.98 Å². The molecule has 0 saturated heterocycles. The molecule has 0 aliphatic rings. The van der Waals surface area contributed by atoms with Crippen LogP contribution >= 0.6 is 0 Å². The van der Waals surface area contributed by atoms with Crippen molar-refractivity contribution in [1.29, 1.82) is 0 Å². The average molecular weight is 226 g/mol. The Morgan fingerprint density at radius 3 is 2.80 bits per heavy atom. The summed E-state index contributed by atoms with van der Waals surface area (Å²) in [5.41, 5.74) is 1.76. The van der Waals surface area contributed by atoms with Crippen LogP contribution in [0, 0.1) is 0 Å². The minimum Gasteiger partial charge on any atom is -0.443 e. The van der Waals surface area contributed by atoms with Crippen molar-refractivity contribution in [3.8, 4) is 0 Å². The molecular formula is C7H5NOPd. The van der Waals surface area contributed by atoms with Gasteiger partial charge in [-0.2, -0.15) is 0 Å². The summed E-state index contributed by atoms with van der Waals surface area (Å²) in [6.45, 7) is 0. The molecule has 0 aliphatic heterocycles. The van der Waals surface area contributed by atoms with Crippen molar-refractivity contribution in [2.24, 2.45) is 0 Å². The molecule has 0 amide bonds. The van der Waals surface area contributed by atoms with Crippen LogP contribution in [0.25, 0.3) is 11.1 Å². The largest absolute Gasteiger partial charge is 0.443 e. The third-order valence-corrected chi connectivity index (χ3v) is 1.24. The zero-order chi connectivity index (χ0) is 6.10. The second-order valence-corrected chi connectivity index (χ2v) is 1.82. The van der Waals surface area contributed by atoms with E-state index < -0.39 is 0 Å². The second kappa shape index (κ2) is 2.96. The Labute approximate surface area is 71.9 Å². The smallest absolute Gasteiger partial charge is 0.181 e. The van der Waals surface area contributed by atoms with Crippen LogP contribution in [-0.2, 0) is 20.4 Å². The third-order valence-electron chi connectivity index (χ3n) is 1.24. The van der Waals surface area contributed by atoms with E-state index in [0.29, 0.717) is 0 Å². The van der Waals surface area contributed by atoms with E-state index in [-0.39, 0.29) is 20.4 Å². The van der Waals surface area contributed by atoms with E-state index in [4.69, 9.17) is 4.42 Å². The molecule has 0 N–H and O–H groups in total. The first-order chi connectivity index (χ1) is 4.47. The van der Waals surface area contributed by atoms with E-state index in [2.05, 4.69) is 4.98 Å². The minimum absolute atomic E-state index is 0. The van der Waals surface area contributed by atoms with Gasteiger partial charge in [-0.1, -0.05) is 12.1 Å². The van der Waals surface area contributed by atoms with Crippen molar-refractivity contribution < 1.29 is 24.8 Å². The molecule has 0 atom stereocenters. The van der Waals surface area contributed by atoms with Crippen molar-refractivity contribution in [2.45, 2.75) is 0 Å². The molecular weight excluding hydrogens is 221 g/mol. The standard InChI is InChI=1S/C7H5NO.Pd/c1-2-4-7-6(3-1)8-5-9-7;/h1-5H;. The van der Waals surface area contributed by atoms with Gasteiger partial charge in [-0.3, -0.25) is 0 Å². The number of benzene rings is 1. The summed E-state index contributed by atoms with van der Waals surface area (Å²) < 4.78 is 5.01. The van der Waals surface area contributed by atoms with Gasteiger partial charge in [0.2, 0.25) is 0 Å². The zero-order valence-corrected chi connectivity index (χ0v) is 6.61. The van der Waals surface area contributed by atoms with Gasteiger partial charge in [0.15, 0.2) is 12.0 Å². The Balaban J connectivity index is 0.000000500. The molecule has 3 heteroatoms. The summed E-state index contributed by atoms with van der Waals surface area (Å²) in [6.07, 6.45) is 1.45. The van der Waals surface area contributed by atoms with Crippen LogP contribution < -0.4 is 0 Å². The monoisotopic (exact) mass is 225 g/mol. The van der Waals surface area contributed by atoms with Crippen molar-refractivity contribution >= 4 is 11.1 Å². The van der Waals surface area contributed by atoms with Crippen LogP contribution in [0.1, 0.15) is 0 Å². The average Bonchev–Trinajstić information content (AvgIpc) is 2.33. The molecule has 10 heavy (non-hydrogen) atoms. The second-order valence-electron chi connectivity index (χ2n) is 1.82. The number of rotatable bonds is 0. The SMILES string of the molecule is [Pd].c1ccc2ocnc2c1. The van der Waals surface area contributed by atoms with E-state index >= 15 is 0 Å². The Morgan fingerprint density at radius 2 is 2.00 bits per heavy atom. The Kier molecular flexibility index (Phi) is 2.21. The normalized spacial score (nSPS) is 9.20. The summed E-state index contributed by atoms with van der Waals surface area (Å²) in [5, 5.41) is 0. The van der Waals surface area contributed by atoms with Crippen LogP contribution in [-0.4, -0.2) is 4.98 Å². The summed E-state index contributed by atoms with van der Waals surface area (Å²) in [7, 11) is 0. The Morgan fingerprint density at radius 1 is 1.20 bits per heavy atom. The number of para-hydroxylation sites is 2. The van der Waals surface area contributed by atoms with Crippen LogP contribution in [0.2, 0.25) is 0 Å². The number of aromatic nitrogens is 1. The first kappa shape index (κ1) is 7.46. The van der Waals surface area contributed by atoms with Gasteiger partial charge in [0.25, 0.3) is 0 Å². The van der Waals surface area contributed by atoms with Gasteiger partial charge in [-0.05, 0) is 12.1 Å². The summed E-state index contributed by atoms with van der Waals surface area (Å²) in [5.74, 6) is 0. The van der Waals surface area contributed by atoms with Crippen LogP contribution in [0.4, 0.5) is 0 Å². The number of hydrogen-bond acceptors (Lipinski definition) is 2. The first-order valence-electron chi connectivity index (χ1n) is 2.75. The van der Waals surface area contributed by atoms with E-state index in [0.717, 1.165) is 11.1 Å². The van der Waals surface area contributed by atoms with Crippen molar-refractivity contribution in [3.63, 3.8) is 0 Å². The molecule has 0 unspecified atom stereocenters. The van der Waals surface area contributed by atoms with E-state index in [1.54, 1.807) is 0 Å². The fourth-order valence-electron chi connectivity index (χ4n) is 0.803. The molecule has 2 nitrogen and oxygen atoms in total. The minimum atomic E-state index is 0. The third kappa shape index (κ3) is 1.11. The molecule has 1 heterocycles. The zero-order valence-electron chi connectivity index (χ0n) is 5.06. The molecule has 0 saturated carbocycles. The van der Waals surface area contributed by atoms with Crippen molar-refractivity contribution in [2.75, 3.05) is 0 Å². The Hall–Kier alpha value is -0.648. The molecule has 0 radical (unpaired) electrons.